The van der Waals surface area contributed by atoms with Crippen molar-refractivity contribution in [1.29, 1.82) is 0 Å². The predicted molar refractivity (Wildman–Crippen MR) is 90.7 cm³/mol. The molecule has 0 amide bonds. The molecule has 1 heterocycles. The number of ether oxygens (including phenoxy) is 3. The Morgan fingerprint density at radius 3 is 2.44 bits per heavy atom. The zero-order valence-corrected chi connectivity index (χ0v) is 15.3. The molecule has 0 aromatic heterocycles. The van der Waals surface area contributed by atoms with Crippen molar-refractivity contribution in [3.63, 3.8) is 0 Å². The Morgan fingerprint density at radius 2 is 1.84 bits per heavy atom. The molecule has 0 aromatic rings. The molecular weight excluding hydrogens is 320 g/mol. The van der Waals surface area contributed by atoms with Crippen molar-refractivity contribution < 1.29 is 23.8 Å². The molecule has 138 valence electrons. The largest absolute Gasteiger partial charge is 0.465 e. The van der Waals surface area contributed by atoms with Crippen LogP contribution in [0.2, 0.25) is 0 Å². The Kier molecular flexibility index (Phi) is 3.80. The summed E-state index contributed by atoms with van der Waals surface area (Å²) in [7, 11) is 0. The van der Waals surface area contributed by atoms with Crippen LogP contribution in [0.15, 0.2) is 12.2 Å². The Labute approximate surface area is 149 Å². The highest BCUT2D eigenvalue weighted by molar-refractivity contribution is 5.87. The van der Waals surface area contributed by atoms with Crippen LogP contribution in [-0.4, -0.2) is 35.3 Å². The van der Waals surface area contributed by atoms with E-state index in [4.69, 9.17) is 14.2 Å². The molecule has 0 N–H and O–H groups in total. The lowest BCUT2D eigenvalue weighted by molar-refractivity contribution is -0.268. The van der Waals surface area contributed by atoms with Gasteiger partial charge in [-0.2, -0.15) is 0 Å². The van der Waals surface area contributed by atoms with Gasteiger partial charge in [0, 0.05) is 18.4 Å². The molecule has 1 aliphatic heterocycles. The fraction of sp³-hybridized carbons (Fsp3) is 0.800. The first-order chi connectivity index (χ1) is 11.7. The van der Waals surface area contributed by atoms with Gasteiger partial charge in [0.05, 0.1) is 24.2 Å². The summed E-state index contributed by atoms with van der Waals surface area (Å²) in [4.78, 5) is 24.0. The van der Waals surface area contributed by atoms with E-state index in [0.717, 1.165) is 38.5 Å². The number of carbonyl (C=O) groups excluding carboxylic acids is 2. The molecule has 0 aromatic carbocycles. The number of cyclic esters (lactones) is 1. The van der Waals surface area contributed by atoms with E-state index < -0.39 is 11.2 Å². The lowest BCUT2D eigenvalue weighted by Gasteiger charge is -2.62. The van der Waals surface area contributed by atoms with Crippen molar-refractivity contribution >= 4 is 11.9 Å². The quantitative estimate of drug-likeness (QED) is 0.576. The Morgan fingerprint density at radius 1 is 1.20 bits per heavy atom. The van der Waals surface area contributed by atoms with Gasteiger partial charge in [-0.1, -0.05) is 6.58 Å². The van der Waals surface area contributed by atoms with Crippen LogP contribution in [0, 0.1) is 11.8 Å². The second kappa shape index (κ2) is 5.57. The lowest BCUT2D eigenvalue weighted by atomic mass is 9.52. The summed E-state index contributed by atoms with van der Waals surface area (Å²) in [5, 5.41) is 0. The molecule has 5 heteroatoms. The first kappa shape index (κ1) is 17.1. The molecule has 0 spiro atoms. The van der Waals surface area contributed by atoms with Gasteiger partial charge >= 0.3 is 11.9 Å². The van der Waals surface area contributed by atoms with Crippen molar-refractivity contribution in [2.24, 2.45) is 11.8 Å². The standard InChI is InChI=1S/C20H28O5/c1-13(2)17(22)24-19-7-14-6-15(8-19)10-20(9-14,12-19)25-18(3)4-5-23-16(21)11-18/h14-15H,1,4-12H2,2-3H3. The van der Waals surface area contributed by atoms with Gasteiger partial charge in [-0.25, -0.2) is 4.79 Å². The maximum atomic E-state index is 12.2. The van der Waals surface area contributed by atoms with Crippen molar-refractivity contribution in [3.8, 4) is 0 Å². The van der Waals surface area contributed by atoms with Gasteiger partial charge in [0.25, 0.3) is 0 Å². The number of hydrogen-bond donors (Lipinski definition) is 0. The third kappa shape index (κ3) is 3.12. The van der Waals surface area contributed by atoms with E-state index in [1.165, 1.54) is 6.42 Å². The molecule has 5 rings (SSSR count). The van der Waals surface area contributed by atoms with Gasteiger partial charge in [-0.05, 0) is 57.8 Å². The SMILES string of the molecule is C=C(C)C(=O)OC12CC3CC(C1)CC(OC1(C)CCOC(=O)C1)(C3)C2. The Hall–Kier alpha value is -1.36. The van der Waals surface area contributed by atoms with E-state index in [1.807, 2.05) is 6.92 Å². The average Bonchev–Trinajstić information content (AvgIpc) is 2.43. The fourth-order valence-electron chi connectivity index (χ4n) is 6.05. The van der Waals surface area contributed by atoms with Crippen LogP contribution >= 0.6 is 0 Å². The topological polar surface area (TPSA) is 61.8 Å². The van der Waals surface area contributed by atoms with Gasteiger partial charge in [0.15, 0.2) is 0 Å². The van der Waals surface area contributed by atoms with Crippen LogP contribution in [0.3, 0.4) is 0 Å². The summed E-state index contributed by atoms with van der Waals surface area (Å²) in [5.74, 6) is 0.614. The molecule has 1 saturated heterocycles. The zero-order valence-electron chi connectivity index (χ0n) is 15.3. The molecule has 0 radical (unpaired) electrons. The molecule has 5 aliphatic rings. The molecule has 4 bridgehead atoms. The summed E-state index contributed by atoms with van der Waals surface area (Å²) < 4.78 is 17.8. The minimum Gasteiger partial charge on any atom is -0.465 e. The summed E-state index contributed by atoms with van der Waals surface area (Å²) in [6, 6.07) is 0. The van der Waals surface area contributed by atoms with Crippen LogP contribution in [0.25, 0.3) is 0 Å². The van der Waals surface area contributed by atoms with E-state index in [0.29, 0.717) is 30.4 Å². The minimum absolute atomic E-state index is 0.179. The molecule has 4 saturated carbocycles. The maximum absolute atomic E-state index is 12.2. The summed E-state index contributed by atoms with van der Waals surface area (Å²) in [5.41, 5.74) is -0.703. The monoisotopic (exact) mass is 348 g/mol. The zero-order chi connectivity index (χ0) is 17.9. The number of hydrogen-bond acceptors (Lipinski definition) is 5. The van der Waals surface area contributed by atoms with Gasteiger partial charge in [0.2, 0.25) is 0 Å². The molecule has 3 unspecified atom stereocenters. The van der Waals surface area contributed by atoms with Crippen LogP contribution in [-0.2, 0) is 23.8 Å². The van der Waals surface area contributed by atoms with Gasteiger partial charge in [0.1, 0.15) is 5.60 Å². The van der Waals surface area contributed by atoms with Crippen LogP contribution in [0.5, 0.6) is 0 Å². The van der Waals surface area contributed by atoms with Crippen molar-refractivity contribution in [2.75, 3.05) is 6.61 Å². The molecule has 3 atom stereocenters. The van der Waals surface area contributed by atoms with E-state index in [9.17, 15) is 9.59 Å². The smallest absolute Gasteiger partial charge is 0.333 e. The lowest BCUT2D eigenvalue weighted by Crippen LogP contribution is -2.63. The number of esters is 2. The van der Waals surface area contributed by atoms with E-state index in [-0.39, 0.29) is 17.5 Å². The van der Waals surface area contributed by atoms with E-state index in [2.05, 4.69) is 6.58 Å². The van der Waals surface area contributed by atoms with Crippen molar-refractivity contribution in [2.45, 2.75) is 82.0 Å². The van der Waals surface area contributed by atoms with Crippen molar-refractivity contribution in [1.82, 2.24) is 0 Å². The first-order valence-corrected chi connectivity index (χ1v) is 9.45. The Balaban J connectivity index is 1.57. The summed E-state index contributed by atoms with van der Waals surface area (Å²) in [6.45, 7) is 7.88. The summed E-state index contributed by atoms with van der Waals surface area (Å²) >= 11 is 0. The maximum Gasteiger partial charge on any atom is 0.333 e. The van der Waals surface area contributed by atoms with Crippen molar-refractivity contribution in [3.05, 3.63) is 12.2 Å². The van der Waals surface area contributed by atoms with Gasteiger partial charge < -0.3 is 14.2 Å². The highest BCUT2D eigenvalue weighted by Crippen LogP contribution is 2.61. The fourth-order valence-corrected chi connectivity index (χ4v) is 6.05. The Bertz CT molecular complexity index is 610. The van der Waals surface area contributed by atoms with Crippen LogP contribution < -0.4 is 0 Å². The van der Waals surface area contributed by atoms with Crippen LogP contribution in [0.1, 0.15) is 65.2 Å². The molecule has 25 heavy (non-hydrogen) atoms. The third-order valence-corrected chi connectivity index (χ3v) is 6.49. The molecular formula is C20H28O5. The minimum atomic E-state index is -0.472. The average molecular weight is 348 g/mol. The van der Waals surface area contributed by atoms with Gasteiger partial charge in [-0.15, -0.1) is 0 Å². The molecule has 5 nitrogen and oxygen atoms in total. The second-order valence-electron chi connectivity index (χ2n) is 9.20. The predicted octanol–water partition coefficient (Wildman–Crippen LogP) is 3.31. The molecule has 4 aliphatic carbocycles. The third-order valence-electron chi connectivity index (χ3n) is 6.49. The van der Waals surface area contributed by atoms with Gasteiger partial charge in [-0.3, -0.25) is 4.79 Å². The number of carbonyl (C=O) groups is 2. The highest BCUT2D eigenvalue weighted by atomic mass is 16.6. The second-order valence-corrected chi connectivity index (χ2v) is 9.20. The molecule has 5 fully saturated rings. The normalized spacial score (nSPS) is 45.1. The van der Waals surface area contributed by atoms with E-state index >= 15 is 0 Å². The first-order valence-electron chi connectivity index (χ1n) is 9.45. The summed E-state index contributed by atoms with van der Waals surface area (Å²) in [6.07, 6.45) is 6.89. The van der Waals surface area contributed by atoms with E-state index in [1.54, 1.807) is 6.92 Å². The number of rotatable bonds is 4. The highest BCUT2D eigenvalue weighted by Gasteiger charge is 2.61. The van der Waals surface area contributed by atoms with Crippen LogP contribution in [0.4, 0.5) is 0 Å².